The van der Waals surface area contributed by atoms with Crippen LogP contribution in [0.25, 0.3) is 22.3 Å². The molecule has 6 nitrogen and oxygen atoms in total. The Bertz CT molecular complexity index is 1400. The Kier molecular flexibility index (Phi) is 7.42. The monoisotopic (exact) mass is 491 g/mol. The molecule has 0 unspecified atom stereocenters. The molecule has 0 aliphatic rings. The molecule has 1 heterocycles. The molecule has 0 saturated carbocycles. The lowest BCUT2D eigenvalue weighted by atomic mass is 10.1. The van der Waals surface area contributed by atoms with E-state index in [1.807, 2.05) is 26.0 Å². The van der Waals surface area contributed by atoms with Gasteiger partial charge in [-0.05, 0) is 86.0 Å². The van der Waals surface area contributed by atoms with Crippen LogP contribution < -0.4 is 20.2 Å². The van der Waals surface area contributed by atoms with Gasteiger partial charge in [-0.15, -0.1) is 0 Å². The number of benzene rings is 3. The van der Waals surface area contributed by atoms with Crippen LogP contribution in [0.2, 0.25) is 5.02 Å². The number of ether oxygens (including phenoxy) is 2. The van der Waals surface area contributed by atoms with Crippen molar-refractivity contribution in [3.63, 3.8) is 0 Å². The van der Waals surface area contributed by atoms with Crippen LogP contribution in [-0.2, 0) is 4.79 Å². The van der Waals surface area contributed by atoms with E-state index in [1.54, 1.807) is 49.6 Å². The van der Waals surface area contributed by atoms with E-state index in [0.717, 1.165) is 27.5 Å². The molecule has 0 radical (unpaired) electrons. The number of amides is 1. The molecule has 0 fully saturated rings. The fourth-order valence-corrected chi connectivity index (χ4v) is 3.87. The van der Waals surface area contributed by atoms with Crippen molar-refractivity contribution >= 4 is 34.2 Å². The van der Waals surface area contributed by atoms with Gasteiger partial charge in [0.2, 0.25) is 5.91 Å². The van der Waals surface area contributed by atoms with E-state index >= 15 is 0 Å². The first-order valence-electron chi connectivity index (χ1n) is 11.3. The zero-order valence-electron chi connectivity index (χ0n) is 19.8. The van der Waals surface area contributed by atoms with Crippen LogP contribution in [-0.4, -0.2) is 19.6 Å². The third-order valence-corrected chi connectivity index (χ3v) is 6.21. The van der Waals surface area contributed by atoms with E-state index < -0.39 is 0 Å². The second kappa shape index (κ2) is 10.7. The van der Waals surface area contributed by atoms with Gasteiger partial charge >= 0.3 is 0 Å². The number of nitrogens with one attached hydrogen (secondary N) is 1. The topological polar surface area (TPSA) is 77.8 Å². The van der Waals surface area contributed by atoms with Crippen molar-refractivity contribution in [2.75, 3.05) is 19.0 Å². The SMILES string of the molecule is COc1ccc2oc(-c3ccc(NC(=O)CCCOc4cc(C)c(Cl)c(C)c4)cc3)cc(=O)c2c1. The first-order chi connectivity index (χ1) is 16.8. The summed E-state index contributed by atoms with van der Waals surface area (Å²) in [6, 6.07) is 17.5. The van der Waals surface area contributed by atoms with Crippen molar-refractivity contribution < 1.29 is 18.7 Å². The molecule has 0 spiro atoms. The summed E-state index contributed by atoms with van der Waals surface area (Å²) in [6.07, 6.45) is 0.911. The Morgan fingerprint density at radius 3 is 2.37 bits per heavy atom. The molecule has 0 atom stereocenters. The van der Waals surface area contributed by atoms with Crippen LogP contribution in [0.3, 0.4) is 0 Å². The molecular weight excluding hydrogens is 466 g/mol. The summed E-state index contributed by atoms with van der Waals surface area (Å²) in [5.74, 6) is 1.70. The average molecular weight is 492 g/mol. The number of methoxy groups -OCH3 is 1. The van der Waals surface area contributed by atoms with Crippen molar-refractivity contribution in [2.45, 2.75) is 26.7 Å². The van der Waals surface area contributed by atoms with Gasteiger partial charge < -0.3 is 19.2 Å². The van der Waals surface area contributed by atoms with Crippen molar-refractivity contribution in [1.82, 2.24) is 0 Å². The predicted molar refractivity (Wildman–Crippen MR) is 139 cm³/mol. The minimum atomic E-state index is -0.149. The Morgan fingerprint density at radius 1 is 0.971 bits per heavy atom. The first-order valence-corrected chi connectivity index (χ1v) is 11.6. The Hall–Kier alpha value is -3.77. The van der Waals surface area contributed by atoms with Gasteiger partial charge in [-0.25, -0.2) is 0 Å². The third-order valence-electron chi connectivity index (χ3n) is 5.61. The Balaban J connectivity index is 1.33. The van der Waals surface area contributed by atoms with Crippen LogP contribution in [0.5, 0.6) is 11.5 Å². The molecule has 1 amide bonds. The molecule has 7 heteroatoms. The number of hydrogen-bond acceptors (Lipinski definition) is 5. The highest BCUT2D eigenvalue weighted by atomic mass is 35.5. The largest absolute Gasteiger partial charge is 0.497 e. The van der Waals surface area contributed by atoms with E-state index in [-0.39, 0.29) is 11.3 Å². The number of hydrogen-bond donors (Lipinski definition) is 1. The quantitative estimate of drug-likeness (QED) is 0.283. The molecule has 0 bridgehead atoms. The van der Waals surface area contributed by atoms with Crippen LogP contribution in [0.1, 0.15) is 24.0 Å². The molecule has 1 aromatic heterocycles. The molecule has 0 saturated heterocycles. The Morgan fingerprint density at radius 2 is 1.69 bits per heavy atom. The molecule has 4 rings (SSSR count). The van der Waals surface area contributed by atoms with Gasteiger partial charge in [-0.3, -0.25) is 9.59 Å². The summed E-state index contributed by atoms with van der Waals surface area (Å²) in [7, 11) is 1.55. The van der Waals surface area contributed by atoms with Crippen molar-refractivity contribution in [3.05, 3.63) is 87.0 Å². The van der Waals surface area contributed by atoms with Crippen LogP contribution in [0.4, 0.5) is 5.69 Å². The number of anilines is 1. The third kappa shape index (κ3) is 5.84. The molecule has 35 heavy (non-hydrogen) atoms. The van der Waals surface area contributed by atoms with Gasteiger partial charge in [0, 0.05) is 28.8 Å². The average Bonchev–Trinajstić information content (AvgIpc) is 2.85. The molecule has 180 valence electrons. The normalized spacial score (nSPS) is 10.9. The van der Waals surface area contributed by atoms with Gasteiger partial charge in [0.1, 0.15) is 22.8 Å². The van der Waals surface area contributed by atoms with Crippen LogP contribution in [0, 0.1) is 13.8 Å². The lowest BCUT2D eigenvalue weighted by Gasteiger charge is -2.10. The second-order valence-electron chi connectivity index (χ2n) is 8.29. The van der Waals surface area contributed by atoms with Gasteiger partial charge in [-0.2, -0.15) is 0 Å². The van der Waals surface area contributed by atoms with Crippen molar-refractivity contribution in [2.24, 2.45) is 0 Å². The van der Waals surface area contributed by atoms with E-state index in [9.17, 15) is 9.59 Å². The summed E-state index contributed by atoms with van der Waals surface area (Å²) in [5, 5.41) is 4.08. The summed E-state index contributed by atoms with van der Waals surface area (Å²) in [5.41, 5.74) is 3.66. The highest BCUT2D eigenvalue weighted by Gasteiger charge is 2.10. The smallest absolute Gasteiger partial charge is 0.224 e. The number of halogens is 1. The van der Waals surface area contributed by atoms with Crippen LogP contribution in [0.15, 0.2) is 69.9 Å². The second-order valence-corrected chi connectivity index (χ2v) is 8.66. The fourth-order valence-electron chi connectivity index (χ4n) is 3.76. The molecule has 0 aliphatic heterocycles. The number of rotatable bonds is 8. The molecule has 1 N–H and O–H groups in total. The minimum absolute atomic E-state index is 0.101. The van der Waals surface area contributed by atoms with Crippen molar-refractivity contribution in [3.8, 4) is 22.8 Å². The lowest BCUT2D eigenvalue weighted by molar-refractivity contribution is -0.116. The predicted octanol–water partition coefficient (Wildman–Crippen LogP) is 6.54. The highest BCUT2D eigenvalue weighted by molar-refractivity contribution is 6.32. The maximum absolute atomic E-state index is 12.5. The molecular formula is C28H26ClNO5. The van der Waals surface area contributed by atoms with Gasteiger partial charge in [0.25, 0.3) is 0 Å². The van der Waals surface area contributed by atoms with E-state index in [1.165, 1.54) is 6.07 Å². The molecule has 0 aliphatic carbocycles. The summed E-state index contributed by atoms with van der Waals surface area (Å²) in [6.45, 7) is 4.30. The van der Waals surface area contributed by atoms with Gasteiger partial charge in [0.15, 0.2) is 5.43 Å². The van der Waals surface area contributed by atoms with E-state index in [2.05, 4.69) is 5.32 Å². The first kappa shape index (κ1) is 24.4. The maximum atomic E-state index is 12.5. The van der Waals surface area contributed by atoms with E-state index in [4.69, 9.17) is 25.5 Å². The Labute approximate surface area is 208 Å². The number of fused-ring (bicyclic) bond motifs is 1. The number of aryl methyl sites for hydroxylation is 2. The standard InChI is InChI=1S/C28H26ClNO5/c1-17-13-22(14-18(2)28(17)29)34-12-4-5-27(32)30-20-8-6-19(7-9-20)26-16-24(31)23-15-21(33-3)10-11-25(23)35-26/h6-11,13-16H,4-5,12H2,1-3H3,(H,30,32). The summed E-state index contributed by atoms with van der Waals surface area (Å²) >= 11 is 6.18. The van der Waals surface area contributed by atoms with Gasteiger partial charge in [-0.1, -0.05) is 11.6 Å². The highest BCUT2D eigenvalue weighted by Crippen LogP contribution is 2.27. The summed E-state index contributed by atoms with van der Waals surface area (Å²) < 4.78 is 16.8. The molecule has 4 aromatic rings. The molecule has 3 aromatic carbocycles. The lowest BCUT2D eigenvalue weighted by Crippen LogP contribution is -2.12. The minimum Gasteiger partial charge on any atom is -0.497 e. The van der Waals surface area contributed by atoms with Crippen LogP contribution >= 0.6 is 11.6 Å². The van der Waals surface area contributed by atoms with Crippen molar-refractivity contribution in [1.29, 1.82) is 0 Å². The summed E-state index contributed by atoms with van der Waals surface area (Å²) in [4.78, 5) is 24.8. The number of carbonyl (C=O) groups excluding carboxylic acids is 1. The van der Waals surface area contributed by atoms with E-state index in [0.29, 0.717) is 47.6 Å². The van der Waals surface area contributed by atoms with Gasteiger partial charge in [0.05, 0.1) is 19.1 Å². The maximum Gasteiger partial charge on any atom is 0.224 e. The zero-order valence-corrected chi connectivity index (χ0v) is 20.6. The zero-order chi connectivity index (χ0) is 24.9. The number of carbonyl (C=O) groups is 1. The fraction of sp³-hybridized carbons (Fsp3) is 0.214.